The van der Waals surface area contributed by atoms with Crippen LogP contribution in [0.4, 0.5) is 5.69 Å². The maximum Gasteiger partial charge on any atom is 0.227 e. The number of carbonyl (C=O) groups excluding carboxylic acids is 1. The summed E-state index contributed by atoms with van der Waals surface area (Å²) in [5, 5.41) is 3.06. The Morgan fingerprint density at radius 1 is 1.00 bits per heavy atom. The second-order valence-corrected chi connectivity index (χ2v) is 12.7. The van der Waals surface area contributed by atoms with Gasteiger partial charge in [-0.05, 0) is 66.8 Å². The molecule has 35 heavy (non-hydrogen) atoms. The topological polar surface area (TPSA) is 66.5 Å². The van der Waals surface area contributed by atoms with Crippen molar-refractivity contribution in [3.05, 3.63) is 94.0 Å². The zero-order chi connectivity index (χ0) is 24.8. The lowest BCUT2D eigenvalue weighted by molar-refractivity contribution is -0.120. The average molecular weight is 574 g/mol. The first-order valence-electron chi connectivity index (χ1n) is 11.6. The molecule has 1 fully saturated rings. The summed E-state index contributed by atoms with van der Waals surface area (Å²) in [4.78, 5) is 14.1. The van der Waals surface area contributed by atoms with E-state index in [-0.39, 0.29) is 17.6 Å². The van der Waals surface area contributed by atoms with Crippen LogP contribution in [0.2, 0.25) is 0 Å². The first-order valence-corrected chi connectivity index (χ1v) is 15.0. The van der Waals surface area contributed by atoms with Gasteiger partial charge < -0.3 is 5.32 Å². The summed E-state index contributed by atoms with van der Waals surface area (Å²) in [5.74, 6) is 0.604. The van der Waals surface area contributed by atoms with Crippen molar-refractivity contribution in [2.75, 3.05) is 18.4 Å². The molecule has 5 nitrogen and oxygen atoms in total. The minimum Gasteiger partial charge on any atom is -0.326 e. The molecule has 0 atom stereocenters. The molecule has 1 saturated heterocycles. The Morgan fingerprint density at radius 2 is 1.74 bits per heavy atom. The molecule has 184 valence electrons. The van der Waals surface area contributed by atoms with E-state index in [1.807, 2.05) is 55.5 Å². The second-order valence-electron chi connectivity index (χ2n) is 8.80. The number of aryl methyl sites for hydroxylation is 1. The van der Waals surface area contributed by atoms with Crippen molar-refractivity contribution in [1.82, 2.24) is 4.31 Å². The first kappa shape index (κ1) is 25.9. The third-order valence-electron chi connectivity index (χ3n) is 6.15. The minimum atomic E-state index is -3.42. The third kappa shape index (κ3) is 7.19. The van der Waals surface area contributed by atoms with Crippen LogP contribution in [0, 0.1) is 12.8 Å². The van der Waals surface area contributed by atoms with Crippen molar-refractivity contribution in [1.29, 1.82) is 0 Å². The number of amides is 1. The molecule has 1 aliphatic heterocycles. The van der Waals surface area contributed by atoms with Crippen LogP contribution >= 0.6 is 27.7 Å². The Labute approximate surface area is 220 Å². The molecule has 1 amide bonds. The van der Waals surface area contributed by atoms with E-state index >= 15 is 0 Å². The highest BCUT2D eigenvalue weighted by Crippen LogP contribution is 2.27. The van der Waals surface area contributed by atoms with Gasteiger partial charge in [0, 0.05) is 39.8 Å². The first-order chi connectivity index (χ1) is 16.8. The maximum atomic E-state index is 12.9. The molecular weight excluding hydrogens is 544 g/mol. The summed E-state index contributed by atoms with van der Waals surface area (Å²) in [5.41, 5.74) is 3.80. The maximum absolute atomic E-state index is 12.9. The van der Waals surface area contributed by atoms with E-state index in [4.69, 9.17) is 0 Å². The summed E-state index contributed by atoms with van der Waals surface area (Å²) in [6.45, 7) is 2.73. The summed E-state index contributed by atoms with van der Waals surface area (Å²) in [6, 6.07) is 23.8. The normalized spacial score (nSPS) is 15.1. The van der Waals surface area contributed by atoms with Crippen LogP contribution < -0.4 is 5.32 Å². The monoisotopic (exact) mass is 572 g/mol. The Balaban J connectivity index is 1.29. The van der Waals surface area contributed by atoms with Gasteiger partial charge in [-0.3, -0.25) is 4.79 Å². The van der Waals surface area contributed by atoms with E-state index in [1.165, 1.54) is 14.8 Å². The zero-order valence-electron chi connectivity index (χ0n) is 19.6. The lowest BCUT2D eigenvalue weighted by atomic mass is 9.97. The molecule has 3 aromatic rings. The van der Waals surface area contributed by atoms with Crippen molar-refractivity contribution < 1.29 is 13.2 Å². The van der Waals surface area contributed by atoms with Gasteiger partial charge in [-0.25, -0.2) is 12.7 Å². The number of anilines is 1. The van der Waals surface area contributed by atoms with Gasteiger partial charge >= 0.3 is 0 Å². The van der Waals surface area contributed by atoms with Crippen molar-refractivity contribution in [3.8, 4) is 0 Å². The molecule has 0 unspecified atom stereocenters. The Morgan fingerprint density at radius 3 is 2.43 bits per heavy atom. The molecular formula is C27H29BrN2O3S2. The van der Waals surface area contributed by atoms with Gasteiger partial charge in [-0.15, -0.1) is 11.8 Å². The number of nitrogens with zero attached hydrogens (tertiary/aromatic N) is 1. The summed E-state index contributed by atoms with van der Waals surface area (Å²) >= 11 is 5.17. The highest BCUT2D eigenvalue weighted by atomic mass is 79.9. The van der Waals surface area contributed by atoms with Gasteiger partial charge in [0.2, 0.25) is 15.9 Å². The van der Waals surface area contributed by atoms with Crippen molar-refractivity contribution in [2.24, 2.45) is 5.92 Å². The third-order valence-corrected chi connectivity index (χ3v) is 9.58. The standard InChI is InChI=1S/C27H29BrN2O3S2/c1-20-16-21(18-34-25-8-3-2-4-9-25)10-11-26(20)29-27(31)23-12-14-30(15-13-23)35(32,33)19-22-6-5-7-24(28)17-22/h2-11,16-17,23H,12-15,18-19H2,1H3,(H,29,31). The number of benzene rings is 3. The number of nitrogens with one attached hydrogen (secondary N) is 1. The van der Waals surface area contributed by atoms with Crippen LogP contribution in [-0.4, -0.2) is 31.7 Å². The van der Waals surface area contributed by atoms with Crippen molar-refractivity contribution in [3.63, 3.8) is 0 Å². The van der Waals surface area contributed by atoms with E-state index in [1.54, 1.807) is 11.8 Å². The predicted molar refractivity (Wildman–Crippen MR) is 147 cm³/mol. The van der Waals surface area contributed by atoms with Gasteiger partial charge in [-0.1, -0.05) is 58.4 Å². The van der Waals surface area contributed by atoms with Crippen molar-refractivity contribution in [2.45, 2.75) is 36.2 Å². The number of sulfonamides is 1. The van der Waals surface area contributed by atoms with Crippen LogP contribution in [0.5, 0.6) is 0 Å². The molecule has 0 spiro atoms. The molecule has 1 aliphatic rings. The number of thioether (sulfide) groups is 1. The number of hydrogen-bond acceptors (Lipinski definition) is 4. The fourth-order valence-electron chi connectivity index (χ4n) is 4.20. The van der Waals surface area contributed by atoms with E-state index in [0.717, 1.165) is 27.0 Å². The minimum absolute atomic E-state index is 0.0304. The largest absolute Gasteiger partial charge is 0.326 e. The van der Waals surface area contributed by atoms with E-state index in [9.17, 15) is 13.2 Å². The summed E-state index contributed by atoms with van der Waals surface area (Å²) in [6.07, 6.45) is 1.04. The Hall–Kier alpha value is -2.13. The fourth-order valence-corrected chi connectivity index (χ4v) is 7.06. The van der Waals surface area contributed by atoms with Crippen LogP contribution in [0.25, 0.3) is 0 Å². The van der Waals surface area contributed by atoms with Gasteiger partial charge in [0.15, 0.2) is 0 Å². The lowest BCUT2D eigenvalue weighted by Gasteiger charge is -2.30. The number of halogens is 1. The van der Waals surface area contributed by atoms with Gasteiger partial charge in [-0.2, -0.15) is 0 Å². The predicted octanol–water partition coefficient (Wildman–Crippen LogP) is 6.23. The number of carbonyl (C=O) groups is 1. The Kier molecular flexibility index (Phi) is 8.70. The molecule has 0 aromatic heterocycles. The van der Waals surface area contributed by atoms with Gasteiger partial charge in [0.1, 0.15) is 0 Å². The van der Waals surface area contributed by atoms with Gasteiger partial charge in [0.25, 0.3) is 0 Å². The van der Waals surface area contributed by atoms with E-state index < -0.39 is 10.0 Å². The smallest absolute Gasteiger partial charge is 0.227 e. The van der Waals surface area contributed by atoms with Crippen LogP contribution in [0.1, 0.15) is 29.5 Å². The highest BCUT2D eigenvalue weighted by molar-refractivity contribution is 9.10. The van der Waals surface area contributed by atoms with E-state index in [0.29, 0.717) is 25.9 Å². The molecule has 4 rings (SSSR count). The lowest BCUT2D eigenvalue weighted by Crippen LogP contribution is -2.41. The van der Waals surface area contributed by atoms with Crippen LogP contribution in [0.3, 0.4) is 0 Å². The van der Waals surface area contributed by atoms with Crippen LogP contribution in [0.15, 0.2) is 82.2 Å². The Bertz CT molecular complexity index is 1270. The molecule has 1 N–H and O–H groups in total. The molecule has 0 aliphatic carbocycles. The molecule has 1 heterocycles. The van der Waals surface area contributed by atoms with Crippen molar-refractivity contribution >= 4 is 49.3 Å². The second kappa shape index (κ2) is 11.7. The number of piperidine rings is 1. The van der Waals surface area contributed by atoms with Gasteiger partial charge in [0.05, 0.1) is 5.75 Å². The fraction of sp³-hybridized carbons (Fsp3) is 0.296. The molecule has 0 saturated carbocycles. The summed E-state index contributed by atoms with van der Waals surface area (Å²) < 4.78 is 28.1. The molecule has 8 heteroatoms. The molecule has 3 aromatic carbocycles. The van der Waals surface area contributed by atoms with Crippen LogP contribution in [-0.2, 0) is 26.3 Å². The molecule has 0 bridgehead atoms. The van der Waals surface area contributed by atoms with E-state index in [2.05, 4.69) is 45.5 Å². The molecule has 0 radical (unpaired) electrons. The number of hydrogen-bond donors (Lipinski definition) is 1. The quantitative estimate of drug-likeness (QED) is 0.325. The zero-order valence-corrected chi connectivity index (χ0v) is 22.8. The SMILES string of the molecule is Cc1cc(CSc2ccccc2)ccc1NC(=O)C1CCN(S(=O)(=O)Cc2cccc(Br)c2)CC1. The highest BCUT2D eigenvalue weighted by Gasteiger charge is 2.31. The summed E-state index contributed by atoms with van der Waals surface area (Å²) in [7, 11) is -3.42. The average Bonchev–Trinajstić information content (AvgIpc) is 2.84. The number of rotatable bonds is 8.